The van der Waals surface area contributed by atoms with E-state index in [1.54, 1.807) is 29.5 Å². The number of nitrogens with zero attached hydrogens (tertiary/aromatic N) is 1. The molecule has 5 nitrogen and oxygen atoms in total. The van der Waals surface area contributed by atoms with Crippen molar-refractivity contribution in [2.24, 2.45) is 0 Å². The third-order valence-corrected chi connectivity index (χ3v) is 4.42. The van der Waals surface area contributed by atoms with E-state index < -0.39 is 14.0 Å². The molecule has 0 aliphatic rings. The molecule has 0 aliphatic heterocycles. The maximum atomic E-state index is 11.0. The van der Waals surface area contributed by atoms with Gasteiger partial charge in [-0.05, 0) is 41.1 Å². The molecule has 0 amide bonds. The average molecular weight is 362 g/mol. The predicted octanol–water partition coefficient (Wildman–Crippen LogP) is 2.44. The summed E-state index contributed by atoms with van der Waals surface area (Å²) >= 11 is 1.79. The highest BCUT2D eigenvalue weighted by Gasteiger charge is 2.20. The first-order valence-corrected chi connectivity index (χ1v) is 7.01. The van der Waals surface area contributed by atoms with Gasteiger partial charge in [0.15, 0.2) is 0 Å². The first-order valence-electron chi connectivity index (χ1n) is 3.62. The Hall–Kier alpha value is -0.410. The van der Waals surface area contributed by atoms with E-state index in [1.807, 2.05) is 0 Å². The van der Waals surface area contributed by atoms with E-state index in [4.69, 9.17) is 10.7 Å². The monoisotopic (exact) mass is 361 g/mol. The molecular formula is C7H5ClINO4S. The zero-order valence-corrected chi connectivity index (χ0v) is 11.1. The van der Waals surface area contributed by atoms with Crippen LogP contribution in [-0.4, -0.2) is 13.3 Å². The van der Waals surface area contributed by atoms with Crippen molar-refractivity contribution in [3.63, 3.8) is 0 Å². The maximum absolute atomic E-state index is 11.0. The van der Waals surface area contributed by atoms with Gasteiger partial charge in [0.05, 0.1) is 13.4 Å². The van der Waals surface area contributed by atoms with Crippen molar-refractivity contribution < 1.29 is 13.3 Å². The first kappa shape index (κ1) is 12.7. The third kappa shape index (κ3) is 2.79. The van der Waals surface area contributed by atoms with Crippen molar-refractivity contribution in [1.82, 2.24) is 0 Å². The van der Waals surface area contributed by atoms with Gasteiger partial charge < -0.3 is 0 Å². The number of nitro groups is 1. The van der Waals surface area contributed by atoms with Crippen molar-refractivity contribution in [2.45, 2.75) is 11.8 Å². The number of rotatable bonds is 2. The Morgan fingerprint density at radius 3 is 2.40 bits per heavy atom. The molecule has 0 N–H and O–H groups in total. The standard InChI is InChI=1S/C7H5ClINO4S/c1-4-2-5(15(8,13)14)3-6(7(4)9)10(11)12/h2-3H,1H3. The minimum absolute atomic E-state index is 0.255. The summed E-state index contributed by atoms with van der Waals surface area (Å²) in [4.78, 5) is 9.72. The molecule has 0 spiro atoms. The van der Waals surface area contributed by atoms with Gasteiger partial charge in [-0.15, -0.1) is 0 Å². The highest BCUT2D eigenvalue weighted by atomic mass is 127. The summed E-state index contributed by atoms with van der Waals surface area (Å²) in [5.41, 5.74) is 0.249. The minimum atomic E-state index is -3.93. The molecule has 0 bridgehead atoms. The molecule has 0 unspecified atom stereocenters. The van der Waals surface area contributed by atoms with Crippen LogP contribution in [0.4, 0.5) is 5.69 Å². The second-order valence-corrected chi connectivity index (χ2v) is 6.41. The van der Waals surface area contributed by atoms with Crippen LogP contribution in [0.3, 0.4) is 0 Å². The van der Waals surface area contributed by atoms with Crippen molar-refractivity contribution in [3.8, 4) is 0 Å². The fourth-order valence-corrected chi connectivity index (χ4v) is 2.34. The lowest BCUT2D eigenvalue weighted by molar-refractivity contribution is -0.386. The smallest absolute Gasteiger partial charge is 0.258 e. The fraction of sp³-hybridized carbons (Fsp3) is 0.143. The van der Waals surface area contributed by atoms with Gasteiger partial charge in [-0.1, -0.05) is 0 Å². The highest BCUT2D eigenvalue weighted by molar-refractivity contribution is 14.1. The Bertz CT molecular complexity index is 528. The number of benzene rings is 1. The van der Waals surface area contributed by atoms with E-state index in [-0.39, 0.29) is 10.6 Å². The van der Waals surface area contributed by atoms with Crippen molar-refractivity contribution in [2.75, 3.05) is 0 Å². The second-order valence-electron chi connectivity index (χ2n) is 2.77. The Labute approximate surface area is 104 Å². The molecule has 1 aromatic carbocycles. The van der Waals surface area contributed by atoms with Gasteiger partial charge >= 0.3 is 0 Å². The fourth-order valence-electron chi connectivity index (χ4n) is 0.992. The number of nitro benzene ring substituents is 1. The van der Waals surface area contributed by atoms with Crippen LogP contribution in [0.5, 0.6) is 0 Å². The van der Waals surface area contributed by atoms with Crippen LogP contribution >= 0.6 is 33.3 Å². The van der Waals surface area contributed by atoms with Gasteiger partial charge in [0, 0.05) is 16.7 Å². The molecule has 8 heteroatoms. The first-order chi connectivity index (χ1) is 6.73. The lowest BCUT2D eigenvalue weighted by Crippen LogP contribution is -1.98. The summed E-state index contributed by atoms with van der Waals surface area (Å²) in [7, 11) is 1.17. The van der Waals surface area contributed by atoms with Gasteiger partial charge in [-0.2, -0.15) is 0 Å². The zero-order chi connectivity index (χ0) is 11.8. The molecule has 0 aromatic heterocycles. The normalized spacial score (nSPS) is 11.4. The van der Waals surface area contributed by atoms with E-state index in [0.717, 1.165) is 6.07 Å². The molecule has 0 heterocycles. The van der Waals surface area contributed by atoms with Crippen LogP contribution in [0.15, 0.2) is 17.0 Å². The molecule has 1 rings (SSSR count). The summed E-state index contributed by atoms with van der Waals surface area (Å²) in [6.07, 6.45) is 0. The van der Waals surface area contributed by atoms with Crippen LogP contribution in [0, 0.1) is 20.6 Å². The van der Waals surface area contributed by atoms with Gasteiger partial charge in [0.25, 0.3) is 14.7 Å². The number of hydrogen-bond acceptors (Lipinski definition) is 4. The lowest BCUT2D eigenvalue weighted by Gasteiger charge is -2.02. The summed E-state index contributed by atoms with van der Waals surface area (Å²) in [6.45, 7) is 1.58. The quantitative estimate of drug-likeness (QED) is 0.351. The Morgan fingerprint density at radius 2 is 2.00 bits per heavy atom. The number of halogens is 2. The topological polar surface area (TPSA) is 77.3 Å². The zero-order valence-electron chi connectivity index (χ0n) is 7.40. The van der Waals surface area contributed by atoms with Crippen LogP contribution in [0.1, 0.15) is 5.56 Å². The number of aryl methyl sites for hydroxylation is 1. The van der Waals surface area contributed by atoms with Gasteiger partial charge in [0.2, 0.25) is 0 Å². The molecule has 0 atom stereocenters. The Kier molecular flexibility index (Phi) is 3.56. The molecule has 0 aliphatic carbocycles. The van der Waals surface area contributed by atoms with Crippen LogP contribution in [-0.2, 0) is 9.05 Å². The van der Waals surface area contributed by atoms with Crippen molar-refractivity contribution in [1.29, 1.82) is 0 Å². The summed E-state index contributed by atoms with van der Waals surface area (Å²) in [6, 6.07) is 2.26. The Balaban J connectivity index is 3.57. The van der Waals surface area contributed by atoms with Crippen LogP contribution in [0.25, 0.3) is 0 Å². The van der Waals surface area contributed by atoms with Crippen molar-refractivity contribution in [3.05, 3.63) is 31.4 Å². The van der Waals surface area contributed by atoms with E-state index >= 15 is 0 Å². The van der Waals surface area contributed by atoms with Crippen molar-refractivity contribution >= 4 is 48.0 Å². The van der Waals surface area contributed by atoms with E-state index in [0.29, 0.717) is 9.13 Å². The minimum Gasteiger partial charge on any atom is -0.258 e. The summed E-state index contributed by atoms with van der Waals surface area (Å²) in [5.74, 6) is 0. The molecule has 82 valence electrons. The molecule has 1 aromatic rings. The predicted molar refractivity (Wildman–Crippen MR) is 63.6 cm³/mol. The molecule has 0 saturated heterocycles. The van der Waals surface area contributed by atoms with E-state index in [1.165, 1.54) is 6.07 Å². The summed E-state index contributed by atoms with van der Waals surface area (Å²) < 4.78 is 22.4. The largest absolute Gasteiger partial charge is 0.284 e. The van der Waals surface area contributed by atoms with Gasteiger partial charge in [-0.25, -0.2) is 8.42 Å². The number of hydrogen-bond donors (Lipinski definition) is 0. The lowest BCUT2D eigenvalue weighted by atomic mass is 10.2. The molecule has 15 heavy (non-hydrogen) atoms. The molecule has 0 saturated carbocycles. The molecule has 0 radical (unpaired) electrons. The third-order valence-electron chi connectivity index (χ3n) is 1.69. The summed E-state index contributed by atoms with van der Waals surface area (Å²) in [5, 5.41) is 10.6. The average Bonchev–Trinajstić information content (AvgIpc) is 2.06. The SMILES string of the molecule is Cc1cc(S(=O)(=O)Cl)cc([N+](=O)[O-])c1I. The Morgan fingerprint density at radius 1 is 1.47 bits per heavy atom. The second kappa shape index (κ2) is 4.22. The van der Waals surface area contributed by atoms with Gasteiger partial charge in [0.1, 0.15) is 0 Å². The van der Waals surface area contributed by atoms with Crippen LogP contribution < -0.4 is 0 Å². The molecule has 0 fully saturated rings. The van der Waals surface area contributed by atoms with Gasteiger partial charge in [-0.3, -0.25) is 10.1 Å². The van der Waals surface area contributed by atoms with Crippen LogP contribution in [0.2, 0.25) is 0 Å². The maximum Gasteiger partial charge on any atom is 0.284 e. The molecular weight excluding hydrogens is 357 g/mol. The van der Waals surface area contributed by atoms with E-state index in [9.17, 15) is 18.5 Å². The van der Waals surface area contributed by atoms with E-state index in [2.05, 4.69) is 0 Å². The highest BCUT2D eigenvalue weighted by Crippen LogP contribution is 2.29.